The summed E-state index contributed by atoms with van der Waals surface area (Å²) in [5.41, 5.74) is 0. The van der Waals surface area contributed by atoms with E-state index < -0.39 is 0 Å². The van der Waals surface area contributed by atoms with Gasteiger partial charge in [0, 0.05) is 26.2 Å². The molecule has 2 nitrogen and oxygen atoms in total. The van der Waals surface area contributed by atoms with Gasteiger partial charge >= 0.3 is 0 Å². The lowest BCUT2D eigenvalue weighted by Crippen LogP contribution is -2.30. The average Bonchev–Trinajstić information content (AvgIpc) is 2.02. The number of hydrogen-bond acceptors (Lipinski definition) is 4. The second-order valence-electron chi connectivity index (χ2n) is 3.87. The summed E-state index contributed by atoms with van der Waals surface area (Å²) in [6.45, 7) is 8.80. The van der Waals surface area contributed by atoms with Crippen LogP contribution < -0.4 is 0 Å². The lowest BCUT2D eigenvalue weighted by Gasteiger charge is -2.28. The number of hydrogen-bond donors (Lipinski definition) is 0. The second-order valence-corrected chi connectivity index (χ2v) is 6.58. The topological polar surface area (TPSA) is 6.48 Å². The van der Waals surface area contributed by atoms with Crippen molar-refractivity contribution in [3.8, 4) is 0 Å². The molecule has 5 heteroatoms. The summed E-state index contributed by atoms with van der Waals surface area (Å²) in [7, 11) is 7.34. The monoisotopic (exact) mass is 252 g/mol. The van der Waals surface area contributed by atoms with Gasteiger partial charge in [-0.05, 0) is 49.5 Å². The smallest absolute Gasteiger partial charge is 0.147 e. The Morgan fingerprint density at radius 1 is 1.07 bits per heavy atom. The van der Waals surface area contributed by atoms with Crippen LogP contribution in [0.3, 0.4) is 0 Å². The third-order valence-electron chi connectivity index (χ3n) is 1.58. The van der Waals surface area contributed by atoms with Crippen molar-refractivity contribution in [2.24, 2.45) is 0 Å². The van der Waals surface area contributed by atoms with E-state index in [0.717, 1.165) is 4.32 Å². The third kappa shape index (κ3) is 5.44. The molecule has 0 saturated carbocycles. The van der Waals surface area contributed by atoms with Crippen molar-refractivity contribution < 1.29 is 0 Å². The summed E-state index contributed by atoms with van der Waals surface area (Å²) in [5.74, 6) is 0. The molecule has 14 heavy (non-hydrogen) atoms. The van der Waals surface area contributed by atoms with E-state index in [2.05, 4.69) is 32.0 Å². The highest BCUT2D eigenvalue weighted by Crippen LogP contribution is 2.31. The predicted octanol–water partition coefficient (Wildman–Crippen LogP) is 3.25. The highest BCUT2D eigenvalue weighted by molar-refractivity contribution is 8.82. The predicted molar refractivity (Wildman–Crippen MR) is 73.6 cm³/mol. The van der Waals surface area contributed by atoms with E-state index in [1.807, 2.05) is 19.0 Å². The highest BCUT2D eigenvalue weighted by atomic mass is 33.1. The van der Waals surface area contributed by atoms with Crippen LogP contribution in [0.5, 0.6) is 0 Å². The van der Waals surface area contributed by atoms with Crippen LogP contribution in [0.15, 0.2) is 0 Å². The molecule has 0 aromatic carbocycles. The minimum absolute atomic E-state index is 0.539. The Morgan fingerprint density at radius 3 is 1.79 bits per heavy atom. The van der Waals surface area contributed by atoms with Crippen LogP contribution in [0.25, 0.3) is 0 Å². The van der Waals surface area contributed by atoms with Gasteiger partial charge in [0.2, 0.25) is 0 Å². The fourth-order valence-electron chi connectivity index (χ4n) is 0.918. The molecular weight excluding hydrogens is 232 g/mol. The van der Waals surface area contributed by atoms with Crippen LogP contribution in [0.4, 0.5) is 0 Å². The molecular formula is C9H20N2S3. The molecule has 84 valence electrons. The summed E-state index contributed by atoms with van der Waals surface area (Å²) >= 11 is 5.21. The van der Waals surface area contributed by atoms with E-state index in [9.17, 15) is 0 Å². The normalized spacial score (nSPS) is 11.5. The Labute approximate surface area is 101 Å². The molecule has 0 rings (SSSR count). The van der Waals surface area contributed by atoms with Crippen LogP contribution in [0, 0.1) is 0 Å². The van der Waals surface area contributed by atoms with Crippen molar-refractivity contribution in [3.05, 3.63) is 0 Å². The molecule has 0 saturated heterocycles. The number of nitrogens with zero attached hydrogens (tertiary/aromatic N) is 2. The summed E-state index contributed by atoms with van der Waals surface area (Å²) in [4.78, 5) is 1.96. The Hall–Kier alpha value is 0.550. The lowest BCUT2D eigenvalue weighted by atomic mass is 10.3. The summed E-state index contributed by atoms with van der Waals surface area (Å²) < 4.78 is 3.27. The number of rotatable bonds is 4. The maximum absolute atomic E-state index is 5.21. The first-order valence-electron chi connectivity index (χ1n) is 4.70. The van der Waals surface area contributed by atoms with Gasteiger partial charge in [0.1, 0.15) is 4.32 Å². The van der Waals surface area contributed by atoms with E-state index in [1.165, 1.54) is 0 Å². The molecule has 0 atom stereocenters. The molecule has 0 aliphatic heterocycles. The summed E-state index contributed by atoms with van der Waals surface area (Å²) in [6.07, 6.45) is 0. The summed E-state index contributed by atoms with van der Waals surface area (Å²) in [6, 6.07) is 1.08. The molecule has 0 aromatic heterocycles. The van der Waals surface area contributed by atoms with Gasteiger partial charge < -0.3 is 4.90 Å². The van der Waals surface area contributed by atoms with Crippen LogP contribution in [-0.2, 0) is 0 Å². The van der Waals surface area contributed by atoms with Crippen molar-refractivity contribution in [2.45, 2.75) is 39.8 Å². The van der Waals surface area contributed by atoms with E-state index in [-0.39, 0.29) is 0 Å². The number of thiocarbonyl (C=S) groups is 1. The fraction of sp³-hybridized carbons (Fsp3) is 0.889. The van der Waals surface area contributed by atoms with E-state index >= 15 is 0 Å². The first kappa shape index (κ1) is 14.6. The minimum atomic E-state index is 0.539. The van der Waals surface area contributed by atoms with E-state index in [1.54, 1.807) is 21.8 Å². The van der Waals surface area contributed by atoms with Crippen molar-refractivity contribution in [2.75, 3.05) is 14.1 Å². The van der Waals surface area contributed by atoms with Crippen molar-refractivity contribution in [1.29, 1.82) is 0 Å². The zero-order valence-electron chi connectivity index (χ0n) is 9.77. The van der Waals surface area contributed by atoms with Crippen LogP contribution in [0.2, 0.25) is 0 Å². The van der Waals surface area contributed by atoms with Crippen molar-refractivity contribution in [3.63, 3.8) is 0 Å². The first-order valence-corrected chi connectivity index (χ1v) is 7.22. The maximum atomic E-state index is 5.21. The van der Waals surface area contributed by atoms with Gasteiger partial charge in [-0.15, -0.1) is 0 Å². The highest BCUT2D eigenvalue weighted by Gasteiger charge is 2.15. The minimum Gasteiger partial charge on any atom is -0.363 e. The lowest BCUT2D eigenvalue weighted by molar-refractivity contribution is 0.339. The fourth-order valence-corrected chi connectivity index (χ4v) is 3.76. The van der Waals surface area contributed by atoms with Gasteiger partial charge in [0.05, 0.1) is 0 Å². The van der Waals surface area contributed by atoms with Crippen LogP contribution in [0.1, 0.15) is 27.7 Å². The SMILES string of the molecule is CC(C)N(SSC(=S)N(C)C)C(C)C. The Kier molecular flexibility index (Phi) is 7.20. The molecule has 0 spiro atoms. The zero-order valence-corrected chi connectivity index (χ0v) is 12.2. The molecule has 0 fully saturated rings. The van der Waals surface area contributed by atoms with Crippen molar-refractivity contribution >= 4 is 38.3 Å². The van der Waals surface area contributed by atoms with Crippen LogP contribution in [-0.4, -0.2) is 39.7 Å². The maximum Gasteiger partial charge on any atom is 0.147 e. The molecule has 0 unspecified atom stereocenters. The van der Waals surface area contributed by atoms with Gasteiger partial charge in [0.15, 0.2) is 0 Å². The average molecular weight is 252 g/mol. The van der Waals surface area contributed by atoms with Gasteiger partial charge in [-0.3, -0.25) is 0 Å². The summed E-state index contributed by atoms with van der Waals surface area (Å²) in [5, 5.41) is 0. The van der Waals surface area contributed by atoms with Gasteiger partial charge in [-0.2, -0.15) is 0 Å². The molecule has 0 aliphatic carbocycles. The molecule has 0 radical (unpaired) electrons. The van der Waals surface area contributed by atoms with E-state index in [4.69, 9.17) is 12.2 Å². The molecule has 0 bridgehead atoms. The van der Waals surface area contributed by atoms with Gasteiger partial charge in [-0.1, -0.05) is 12.2 Å². The Morgan fingerprint density at radius 2 is 1.50 bits per heavy atom. The van der Waals surface area contributed by atoms with Gasteiger partial charge in [-0.25, -0.2) is 4.31 Å². The largest absolute Gasteiger partial charge is 0.363 e. The van der Waals surface area contributed by atoms with Crippen molar-refractivity contribution in [1.82, 2.24) is 9.21 Å². The molecule has 0 aliphatic rings. The molecule has 0 N–H and O–H groups in total. The first-order chi connectivity index (χ1) is 6.36. The standard InChI is InChI=1S/C9H20N2S3/c1-7(2)11(8(3)4)14-13-9(12)10(5)6/h7-8H,1-6H3. The molecule has 0 aromatic rings. The molecule has 0 amide bonds. The van der Waals surface area contributed by atoms with Gasteiger partial charge in [0.25, 0.3) is 0 Å². The Balaban J connectivity index is 4.01. The molecule has 0 heterocycles. The second kappa shape index (κ2) is 6.93. The Bertz CT molecular complexity index is 173. The third-order valence-corrected chi connectivity index (χ3v) is 5.32. The van der Waals surface area contributed by atoms with E-state index in [0.29, 0.717) is 12.1 Å². The zero-order chi connectivity index (χ0) is 11.3. The van der Waals surface area contributed by atoms with Crippen LogP contribution >= 0.6 is 34.0 Å². The quantitative estimate of drug-likeness (QED) is 0.429.